The molecule has 20 heavy (non-hydrogen) atoms. The zero-order valence-electron chi connectivity index (χ0n) is 10.6. The van der Waals surface area contributed by atoms with Crippen LogP contribution < -0.4 is 5.32 Å². The van der Waals surface area contributed by atoms with E-state index in [2.05, 4.69) is 15.4 Å². The Balaban J connectivity index is 1.99. The van der Waals surface area contributed by atoms with Crippen LogP contribution in [0.5, 0.6) is 0 Å². The number of nitrogens with one attached hydrogen (secondary N) is 1. The van der Waals surface area contributed by atoms with Gasteiger partial charge in [-0.05, 0) is 0 Å². The van der Waals surface area contributed by atoms with Crippen LogP contribution in [0.15, 0.2) is 17.8 Å². The minimum Gasteiger partial charge on any atom is -0.476 e. The molecule has 0 aromatic carbocycles. The van der Waals surface area contributed by atoms with Crippen molar-refractivity contribution in [3.8, 4) is 0 Å². The highest BCUT2D eigenvalue weighted by molar-refractivity contribution is 7.12. The van der Waals surface area contributed by atoms with Crippen LogP contribution in [0.1, 0.15) is 20.3 Å². The number of amides is 1. The van der Waals surface area contributed by atoms with Crippen LogP contribution in [0, 0.1) is 0 Å². The van der Waals surface area contributed by atoms with Crippen LogP contribution in [0.2, 0.25) is 0 Å². The van der Waals surface area contributed by atoms with Gasteiger partial charge in [0.1, 0.15) is 0 Å². The van der Waals surface area contributed by atoms with E-state index in [0.717, 1.165) is 11.3 Å². The minimum atomic E-state index is -1.16. The van der Waals surface area contributed by atoms with E-state index in [9.17, 15) is 9.59 Å². The molecule has 0 radical (unpaired) electrons. The van der Waals surface area contributed by atoms with Crippen LogP contribution in [-0.4, -0.2) is 45.5 Å². The number of aromatic nitrogens is 3. The summed E-state index contributed by atoms with van der Waals surface area (Å²) in [6.07, 6.45) is 3.15. The normalized spacial score (nSPS) is 10.4. The average Bonchev–Trinajstić information content (AvgIpc) is 3.05. The molecule has 0 spiro atoms. The van der Waals surface area contributed by atoms with Crippen molar-refractivity contribution in [1.82, 2.24) is 14.8 Å². The van der Waals surface area contributed by atoms with Gasteiger partial charge in [-0.15, -0.1) is 11.3 Å². The fraction of sp³-hybridized carbons (Fsp3) is 0.273. The van der Waals surface area contributed by atoms with E-state index < -0.39 is 11.9 Å². The number of carbonyl (C=O) groups is 2. The van der Waals surface area contributed by atoms with Crippen LogP contribution in [0.25, 0.3) is 0 Å². The second-order valence-corrected chi connectivity index (χ2v) is 4.64. The number of carboxylic acid groups (broad SMARTS) is 1. The highest BCUT2D eigenvalue weighted by atomic mass is 32.1. The van der Waals surface area contributed by atoms with Crippen molar-refractivity contribution in [2.24, 2.45) is 0 Å². The second-order valence-electron chi connectivity index (χ2n) is 3.78. The van der Waals surface area contributed by atoms with Gasteiger partial charge >= 0.3 is 5.97 Å². The van der Waals surface area contributed by atoms with Gasteiger partial charge < -0.3 is 15.2 Å². The van der Waals surface area contributed by atoms with Gasteiger partial charge in [0.05, 0.1) is 25.0 Å². The number of aromatic carboxylic acids is 1. The molecule has 0 atom stereocenters. The molecular weight excluding hydrogens is 284 g/mol. The molecule has 2 heterocycles. The van der Waals surface area contributed by atoms with Crippen molar-refractivity contribution < 1.29 is 19.4 Å². The van der Waals surface area contributed by atoms with E-state index in [1.54, 1.807) is 18.0 Å². The number of carbonyl (C=O) groups excluding carboxylic acids is 1. The Labute approximate surface area is 118 Å². The molecule has 1 amide bonds. The van der Waals surface area contributed by atoms with E-state index in [1.165, 1.54) is 11.6 Å². The molecule has 8 nitrogen and oxygen atoms in total. The summed E-state index contributed by atoms with van der Waals surface area (Å²) in [4.78, 5) is 26.3. The van der Waals surface area contributed by atoms with Crippen molar-refractivity contribution in [2.45, 2.75) is 6.54 Å². The van der Waals surface area contributed by atoms with Gasteiger partial charge in [0.2, 0.25) is 0 Å². The summed E-state index contributed by atoms with van der Waals surface area (Å²) in [5, 5.41) is 16.8. The van der Waals surface area contributed by atoms with E-state index >= 15 is 0 Å². The molecule has 2 N–H and O–H groups in total. The smallest absolute Gasteiger partial charge is 0.355 e. The Morgan fingerprint density at radius 1 is 1.55 bits per heavy atom. The lowest BCUT2D eigenvalue weighted by molar-refractivity contribution is 0.0691. The fourth-order valence-electron chi connectivity index (χ4n) is 1.40. The highest BCUT2D eigenvalue weighted by Crippen LogP contribution is 2.13. The molecule has 2 aromatic heterocycles. The summed E-state index contributed by atoms with van der Waals surface area (Å²) in [5.74, 6) is -1.62. The first kappa shape index (κ1) is 14.2. The Kier molecular flexibility index (Phi) is 4.43. The zero-order valence-corrected chi connectivity index (χ0v) is 11.4. The largest absolute Gasteiger partial charge is 0.476 e. The van der Waals surface area contributed by atoms with Crippen molar-refractivity contribution in [1.29, 1.82) is 0 Å². The Morgan fingerprint density at radius 3 is 3.00 bits per heavy atom. The maximum Gasteiger partial charge on any atom is 0.355 e. The fourth-order valence-corrected chi connectivity index (χ4v) is 2.08. The van der Waals surface area contributed by atoms with Gasteiger partial charge in [0.15, 0.2) is 10.7 Å². The van der Waals surface area contributed by atoms with Crippen LogP contribution in [0.4, 0.5) is 5.69 Å². The molecule has 0 aliphatic carbocycles. The van der Waals surface area contributed by atoms with E-state index in [4.69, 9.17) is 9.84 Å². The van der Waals surface area contributed by atoms with Crippen molar-refractivity contribution >= 4 is 28.9 Å². The lowest BCUT2D eigenvalue weighted by Gasteiger charge is -1.99. The number of rotatable bonds is 6. The standard InChI is InChI=1S/C11H12N4O4S/c1-19-3-2-15-5-7(4-12-15)13-9(16)10-14-8(6-20-10)11(17)18/h4-6H,2-3H2,1H3,(H,13,16)(H,17,18). The Morgan fingerprint density at radius 2 is 2.35 bits per heavy atom. The van der Waals surface area contributed by atoms with Crippen LogP contribution in [-0.2, 0) is 11.3 Å². The number of anilines is 1. The number of methoxy groups -OCH3 is 1. The van der Waals surface area contributed by atoms with Gasteiger partial charge in [-0.25, -0.2) is 9.78 Å². The summed E-state index contributed by atoms with van der Waals surface area (Å²) in [6, 6.07) is 0. The first-order chi connectivity index (χ1) is 9.60. The Bertz CT molecular complexity index is 621. The third-order valence-electron chi connectivity index (χ3n) is 2.33. The molecule has 0 aliphatic heterocycles. The van der Waals surface area contributed by atoms with E-state index in [-0.39, 0.29) is 10.7 Å². The van der Waals surface area contributed by atoms with Crippen molar-refractivity contribution in [3.63, 3.8) is 0 Å². The molecule has 106 valence electrons. The number of hydrogen-bond donors (Lipinski definition) is 2. The molecule has 0 saturated carbocycles. The van der Waals surface area contributed by atoms with E-state index in [1.807, 2.05) is 0 Å². The Hall–Kier alpha value is -2.26. The lowest BCUT2D eigenvalue weighted by Crippen LogP contribution is -2.12. The number of carboxylic acids is 1. The SMILES string of the molecule is COCCn1cc(NC(=O)c2nc(C(=O)O)cs2)cn1. The van der Waals surface area contributed by atoms with Gasteiger partial charge in [0, 0.05) is 18.7 Å². The minimum absolute atomic E-state index is 0.0899. The quantitative estimate of drug-likeness (QED) is 0.821. The first-order valence-electron chi connectivity index (χ1n) is 5.61. The molecule has 0 fully saturated rings. The molecule has 2 rings (SSSR count). The number of hydrogen-bond acceptors (Lipinski definition) is 6. The summed E-state index contributed by atoms with van der Waals surface area (Å²) in [6.45, 7) is 1.09. The lowest BCUT2D eigenvalue weighted by atomic mass is 10.5. The molecule has 0 bridgehead atoms. The topological polar surface area (TPSA) is 106 Å². The highest BCUT2D eigenvalue weighted by Gasteiger charge is 2.15. The number of nitrogens with zero attached hydrogens (tertiary/aromatic N) is 3. The third kappa shape index (κ3) is 3.39. The average molecular weight is 296 g/mol. The van der Waals surface area contributed by atoms with Gasteiger partial charge in [-0.1, -0.05) is 0 Å². The summed E-state index contributed by atoms with van der Waals surface area (Å²) < 4.78 is 6.55. The number of ether oxygens (including phenoxy) is 1. The van der Waals surface area contributed by atoms with Crippen LogP contribution in [0.3, 0.4) is 0 Å². The summed E-state index contributed by atoms with van der Waals surface area (Å²) in [5.41, 5.74) is 0.370. The van der Waals surface area contributed by atoms with E-state index in [0.29, 0.717) is 18.8 Å². The summed E-state index contributed by atoms with van der Waals surface area (Å²) in [7, 11) is 1.59. The third-order valence-corrected chi connectivity index (χ3v) is 3.17. The van der Waals surface area contributed by atoms with Crippen molar-refractivity contribution in [3.05, 3.63) is 28.5 Å². The first-order valence-corrected chi connectivity index (χ1v) is 6.49. The van der Waals surface area contributed by atoms with Crippen LogP contribution >= 0.6 is 11.3 Å². The predicted octanol–water partition coefficient (Wildman–Crippen LogP) is 0.936. The molecule has 0 saturated heterocycles. The molecule has 0 unspecified atom stereocenters. The maximum absolute atomic E-state index is 11.9. The second kappa shape index (κ2) is 6.26. The van der Waals surface area contributed by atoms with Crippen molar-refractivity contribution in [2.75, 3.05) is 19.0 Å². The molecule has 9 heteroatoms. The molecule has 2 aromatic rings. The monoisotopic (exact) mass is 296 g/mol. The van der Waals surface area contributed by atoms with Gasteiger partial charge in [0.25, 0.3) is 5.91 Å². The number of thiazole rings is 1. The molecular formula is C11H12N4O4S. The zero-order chi connectivity index (χ0) is 14.5. The maximum atomic E-state index is 11.9. The summed E-state index contributed by atoms with van der Waals surface area (Å²) >= 11 is 0.975. The predicted molar refractivity (Wildman–Crippen MR) is 71.1 cm³/mol. The van der Waals surface area contributed by atoms with Gasteiger partial charge in [-0.3, -0.25) is 9.48 Å². The molecule has 0 aliphatic rings. The van der Waals surface area contributed by atoms with Gasteiger partial charge in [-0.2, -0.15) is 5.10 Å².